The average Bonchev–Trinajstić information content (AvgIpc) is 3.18. The number of Topliss-reactive ketones (excluding diaryl/α,β-unsaturated/α-hetero) is 1. The lowest BCUT2D eigenvalue weighted by molar-refractivity contribution is -0.113. The van der Waals surface area contributed by atoms with Crippen LogP contribution in [0, 0.1) is 0 Å². The molecule has 32 heavy (non-hydrogen) atoms. The number of hydrogen-bond donors (Lipinski definition) is 2. The van der Waals surface area contributed by atoms with Crippen LogP contribution in [0.25, 0.3) is 0 Å². The molecule has 0 spiro atoms. The van der Waals surface area contributed by atoms with Crippen molar-refractivity contribution in [3.05, 3.63) is 81.8 Å². The summed E-state index contributed by atoms with van der Waals surface area (Å²) in [5.74, 6) is -0.110. The van der Waals surface area contributed by atoms with Crippen molar-refractivity contribution in [2.45, 2.75) is 52.4 Å². The number of allylic oxidation sites excluding steroid dienone is 5. The van der Waals surface area contributed by atoms with Crippen molar-refractivity contribution in [3.8, 4) is 0 Å². The maximum Gasteiger partial charge on any atom is 0.201 e. The molecular formula is C26H26N4O2. The number of hydrogen-bond acceptors (Lipinski definition) is 6. The molecule has 2 N–H and O–H groups in total. The maximum atomic E-state index is 13.3. The van der Waals surface area contributed by atoms with Crippen molar-refractivity contribution in [3.63, 3.8) is 0 Å². The Kier molecular flexibility index (Phi) is 4.13. The summed E-state index contributed by atoms with van der Waals surface area (Å²) in [6, 6.07) is 3.80. The van der Waals surface area contributed by atoms with Gasteiger partial charge in [-0.1, -0.05) is 27.7 Å². The highest BCUT2D eigenvalue weighted by molar-refractivity contribution is 6.27. The third-order valence-electron chi connectivity index (χ3n) is 7.08. The topological polar surface area (TPSA) is 87.5 Å². The summed E-state index contributed by atoms with van der Waals surface area (Å²) in [4.78, 5) is 26.6. The number of anilines is 1. The van der Waals surface area contributed by atoms with Gasteiger partial charge >= 0.3 is 0 Å². The van der Waals surface area contributed by atoms with Gasteiger partial charge < -0.3 is 10.4 Å². The van der Waals surface area contributed by atoms with Gasteiger partial charge in [0, 0.05) is 58.1 Å². The zero-order valence-corrected chi connectivity index (χ0v) is 19.2. The predicted octanol–water partition coefficient (Wildman–Crippen LogP) is 5.23. The van der Waals surface area contributed by atoms with Gasteiger partial charge in [-0.25, -0.2) is 0 Å². The van der Waals surface area contributed by atoms with Gasteiger partial charge in [-0.15, -0.1) is 0 Å². The highest BCUT2D eigenvalue weighted by Crippen LogP contribution is 2.48. The van der Waals surface area contributed by atoms with Crippen LogP contribution in [0.5, 0.6) is 0 Å². The van der Waals surface area contributed by atoms with Gasteiger partial charge in [0.15, 0.2) is 0 Å². The predicted molar refractivity (Wildman–Crippen MR) is 125 cm³/mol. The van der Waals surface area contributed by atoms with Crippen LogP contribution >= 0.6 is 0 Å². The molecular weight excluding hydrogens is 400 g/mol. The quantitative estimate of drug-likeness (QED) is 0.642. The summed E-state index contributed by atoms with van der Waals surface area (Å²) in [6.07, 6.45) is 7.13. The Hall–Kier alpha value is -3.54. The maximum absolute atomic E-state index is 13.3. The van der Waals surface area contributed by atoms with Crippen molar-refractivity contribution < 1.29 is 9.90 Å². The molecule has 1 aliphatic carbocycles. The molecule has 0 atom stereocenters. The Morgan fingerprint density at radius 3 is 2.22 bits per heavy atom. The number of carbonyl (C=O) groups is 1. The van der Waals surface area contributed by atoms with E-state index in [1.54, 1.807) is 12.4 Å². The summed E-state index contributed by atoms with van der Waals surface area (Å²) in [5, 5.41) is 14.5. The van der Waals surface area contributed by atoms with E-state index in [-0.39, 0.29) is 17.0 Å². The highest BCUT2D eigenvalue weighted by atomic mass is 16.3. The second-order valence-corrected chi connectivity index (χ2v) is 9.70. The molecule has 0 saturated carbocycles. The van der Waals surface area contributed by atoms with Gasteiger partial charge in [-0.05, 0) is 37.1 Å². The standard InChI is InChI=1S/C26H26N4O2/c1-13(23-25(3,4)15-11-27-9-7-17(15)29-23)19-21(31)20(22(19)32)14(2)24-26(5,6)16-12-28-10-8-18(16)30-24/h7-12,29,31H,1-6H3/b20-14+,23-13+. The SMILES string of the molecule is C/C(C1=Nc2ccncc2C1(C)C)=C1\C(=O)C(C(/C)=C2/Nc3ccncc3C2(C)C)=C1O. The number of nitrogens with zero attached hydrogens (tertiary/aromatic N) is 3. The van der Waals surface area contributed by atoms with Gasteiger partial charge in [-0.2, -0.15) is 0 Å². The molecule has 2 aromatic rings. The van der Waals surface area contributed by atoms with Crippen molar-refractivity contribution in [2.24, 2.45) is 4.99 Å². The van der Waals surface area contributed by atoms with E-state index >= 15 is 0 Å². The highest BCUT2D eigenvalue weighted by Gasteiger charge is 2.44. The molecule has 0 fully saturated rings. The largest absolute Gasteiger partial charge is 0.506 e. The van der Waals surface area contributed by atoms with E-state index < -0.39 is 5.41 Å². The van der Waals surface area contributed by atoms with Crippen LogP contribution in [0.2, 0.25) is 0 Å². The zero-order chi connectivity index (χ0) is 23.0. The lowest BCUT2D eigenvalue weighted by Gasteiger charge is -2.30. The van der Waals surface area contributed by atoms with Crippen LogP contribution in [0.3, 0.4) is 0 Å². The minimum Gasteiger partial charge on any atom is -0.506 e. The fraction of sp³-hybridized carbons (Fsp3) is 0.308. The Bertz CT molecular complexity index is 1340. The number of aliphatic imine (C=N–C) groups is 1. The average molecular weight is 427 g/mol. The van der Waals surface area contributed by atoms with E-state index in [1.165, 1.54) is 0 Å². The van der Waals surface area contributed by atoms with E-state index in [0.29, 0.717) is 16.7 Å². The molecule has 4 heterocycles. The van der Waals surface area contributed by atoms with E-state index in [0.717, 1.165) is 39.5 Å². The zero-order valence-electron chi connectivity index (χ0n) is 19.2. The fourth-order valence-corrected chi connectivity index (χ4v) is 5.24. The van der Waals surface area contributed by atoms with E-state index in [4.69, 9.17) is 4.99 Å². The number of aliphatic hydroxyl groups is 1. The number of nitrogens with one attached hydrogen (secondary N) is 1. The number of ketones is 1. The first-order chi connectivity index (χ1) is 15.1. The van der Waals surface area contributed by atoms with Gasteiger partial charge in [0.25, 0.3) is 0 Å². The normalized spacial score (nSPS) is 23.2. The van der Waals surface area contributed by atoms with Crippen molar-refractivity contribution >= 4 is 22.9 Å². The Morgan fingerprint density at radius 1 is 0.938 bits per heavy atom. The lowest BCUT2D eigenvalue weighted by atomic mass is 9.73. The van der Waals surface area contributed by atoms with Gasteiger partial charge in [-0.3, -0.25) is 19.8 Å². The number of fused-ring (bicyclic) bond motifs is 2. The van der Waals surface area contributed by atoms with Crippen molar-refractivity contribution in [2.75, 3.05) is 5.32 Å². The fourth-order valence-electron chi connectivity index (χ4n) is 5.24. The molecule has 0 bridgehead atoms. The summed E-state index contributed by atoms with van der Waals surface area (Å²) >= 11 is 0. The number of aromatic nitrogens is 2. The summed E-state index contributed by atoms with van der Waals surface area (Å²) in [7, 11) is 0. The number of rotatable bonds is 2. The summed E-state index contributed by atoms with van der Waals surface area (Å²) in [6.45, 7) is 12.1. The van der Waals surface area contributed by atoms with E-state index in [1.807, 2.05) is 38.4 Å². The second kappa shape index (κ2) is 6.48. The molecule has 6 heteroatoms. The van der Waals surface area contributed by atoms with Gasteiger partial charge in [0.1, 0.15) is 5.76 Å². The Balaban J connectivity index is 1.59. The van der Waals surface area contributed by atoms with Crippen molar-refractivity contribution in [1.29, 1.82) is 0 Å². The molecule has 6 nitrogen and oxygen atoms in total. The van der Waals surface area contributed by atoms with Crippen LogP contribution in [0.4, 0.5) is 11.4 Å². The first-order valence-corrected chi connectivity index (χ1v) is 10.7. The molecule has 162 valence electrons. The van der Waals surface area contributed by atoms with Crippen LogP contribution < -0.4 is 5.32 Å². The van der Waals surface area contributed by atoms with E-state index in [2.05, 4.69) is 43.0 Å². The monoisotopic (exact) mass is 426 g/mol. The molecule has 0 amide bonds. The Morgan fingerprint density at radius 2 is 1.59 bits per heavy atom. The molecule has 0 unspecified atom stereocenters. The summed E-state index contributed by atoms with van der Waals surface area (Å²) in [5.41, 5.74) is 7.06. The van der Waals surface area contributed by atoms with Crippen LogP contribution in [0.1, 0.15) is 52.7 Å². The molecule has 0 radical (unpaired) electrons. The first-order valence-electron chi connectivity index (χ1n) is 10.7. The minimum atomic E-state index is -0.395. The molecule has 2 aromatic heterocycles. The number of pyridine rings is 2. The van der Waals surface area contributed by atoms with Gasteiger partial charge in [0.05, 0.1) is 22.5 Å². The Labute approximate surface area is 187 Å². The smallest absolute Gasteiger partial charge is 0.201 e. The van der Waals surface area contributed by atoms with Gasteiger partial charge in [0.2, 0.25) is 5.78 Å². The molecule has 3 aliphatic rings. The third-order valence-corrected chi connectivity index (χ3v) is 7.08. The molecule has 2 aliphatic heterocycles. The second-order valence-electron chi connectivity index (χ2n) is 9.70. The molecule has 0 aromatic carbocycles. The molecule has 0 saturated heterocycles. The number of carbonyl (C=O) groups excluding carboxylic acids is 1. The van der Waals surface area contributed by atoms with Crippen LogP contribution in [-0.4, -0.2) is 26.6 Å². The lowest BCUT2D eigenvalue weighted by Crippen LogP contribution is -2.32. The van der Waals surface area contributed by atoms with Crippen molar-refractivity contribution in [1.82, 2.24) is 9.97 Å². The van der Waals surface area contributed by atoms with Crippen LogP contribution in [-0.2, 0) is 15.6 Å². The van der Waals surface area contributed by atoms with E-state index in [9.17, 15) is 9.90 Å². The summed E-state index contributed by atoms with van der Waals surface area (Å²) < 4.78 is 0. The number of aliphatic hydroxyl groups excluding tert-OH is 1. The van der Waals surface area contributed by atoms with Crippen LogP contribution in [0.15, 0.2) is 75.7 Å². The third kappa shape index (κ3) is 2.52. The minimum absolute atomic E-state index is 0.0387. The first kappa shape index (κ1) is 20.4. The molecule has 5 rings (SSSR count).